The second kappa shape index (κ2) is 6.90. The number of halogens is 1. The van der Waals surface area contributed by atoms with Gasteiger partial charge in [0.05, 0.1) is 11.1 Å². The van der Waals surface area contributed by atoms with Crippen LogP contribution in [0.1, 0.15) is 19.3 Å². The van der Waals surface area contributed by atoms with Gasteiger partial charge in [-0.2, -0.15) is 0 Å². The molecule has 0 aromatic heterocycles. The Morgan fingerprint density at radius 1 is 1.44 bits per heavy atom. The van der Waals surface area contributed by atoms with E-state index in [4.69, 9.17) is 4.74 Å². The minimum atomic E-state index is 0.182. The van der Waals surface area contributed by atoms with Gasteiger partial charge in [-0.25, -0.2) is 0 Å². The van der Waals surface area contributed by atoms with Crippen LogP contribution in [0, 0.1) is 5.92 Å². The number of carbonyl (C=O) groups excluding carboxylic acids is 1. The molecule has 0 saturated carbocycles. The number of piperidine rings is 1. The predicted octanol–water partition coefficient (Wildman–Crippen LogP) is 2.79. The molecule has 1 aliphatic heterocycles. The van der Waals surface area contributed by atoms with Crippen LogP contribution in [0.2, 0.25) is 0 Å². The predicted molar refractivity (Wildman–Crippen MR) is 74.9 cm³/mol. The van der Waals surface area contributed by atoms with Crippen LogP contribution in [0.3, 0.4) is 0 Å². The van der Waals surface area contributed by atoms with Crippen molar-refractivity contribution in [3.05, 3.63) is 28.7 Å². The van der Waals surface area contributed by atoms with Crippen LogP contribution < -0.4 is 10.1 Å². The lowest BCUT2D eigenvalue weighted by Crippen LogP contribution is -2.34. The summed E-state index contributed by atoms with van der Waals surface area (Å²) in [7, 11) is 0. The number of nitrogens with one attached hydrogen (secondary N) is 1. The largest absolute Gasteiger partial charge is 0.492 e. The van der Waals surface area contributed by atoms with E-state index in [2.05, 4.69) is 21.2 Å². The van der Waals surface area contributed by atoms with Gasteiger partial charge in [0.1, 0.15) is 11.5 Å². The molecule has 0 aliphatic carbocycles. The number of rotatable bonds is 5. The quantitative estimate of drug-likeness (QED) is 0.908. The van der Waals surface area contributed by atoms with Gasteiger partial charge in [-0.05, 0) is 47.4 Å². The lowest BCUT2D eigenvalue weighted by atomic mass is 9.94. The maximum absolute atomic E-state index is 11.9. The van der Waals surface area contributed by atoms with E-state index < -0.39 is 0 Å². The van der Waals surface area contributed by atoms with E-state index >= 15 is 0 Å². The van der Waals surface area contributed by atoms with Crippen molar-refractivity contribution >= 4 is 21.7 Å². The first-order chi connectivity index (χ1) is 8.77. The normalized spacial score (nSPS) is 19.5. The highest BCUT2D eigenvalue weighted by molar-refractivity contribution is 9.10. The number of benzene rings is 1. The fourth-order valence-corrected chi connectivity index (χ4v) is 2.55. The smallest absolute Gasteiger partial charge is 0.140 e. The lowest BCUT2D eigenvalue weighted by molar-refractivity contribution is -0.123. The van der Waals surface area contributed by atoms with Gasteiger partial charge in [0.15, 0.2) is 0 Å². The molecule has 1 aromatic rings. The zero-order valence-electron chi connectivity index (χ0n) is 10.3. The van der Waals surface area contributed by atoms with Crippen LogP contribution in [0.4, 0.5) is 0 Å². The van der Waals surface area contributed by atoms with E-state index in [0.29, 0.717) is 18.8 Å². The first-order valence-corrected chi connectivity index (χ1v) is 7.17. The third-order valence-electron chi connectivity index (χ3n) is 3.19. The minimum Gasteiger partial charge on any atom is -0.492 e. The van der Waals surface area contributed by atoms with Crippen LogP contribution >= 0.6 is 15.9 Å². The van der Waals surface area contributed by atoms with Crippen LogP contribution in [-0.4, -0.2) is 25.5 Å². The maximum atomic E-state index is 11.9. The molecule has 4 heteroatoms. The Morgan fingerprint density at radius 3 is 3.00 bits per heavy atom. The molecule has 18 heavy (non-hydrogen) atoms. The summed E-state index contributed by atoms with van der Waals surface area (Å²) in [5.74, 6) is 1.29. The summed E-state index contributed by atoms with van der Waals surface area (Å²) < 4.78 is 6.54. The van der Waals surface area contributed by atoms with Crippen molar-refractivity contribution in [2.75, 3.05) is 19.7 Å². The van der Waals surface area contributed by atoms with Gasteiger partial charge < -0.3 is 10.1 Å². The first kappa shape index (κ1) is 13.6. The van der Waals surface area contributed by atoms with Crippen molar-refractivity contribution in [2.24, 2.45) is 5.92 Å². The standard InChI is InChI=1S/C14H18BrNO2/c15-12-5-1-2-6-14(12)18-9-7-13(17)11-4-3-8-16-10-11/h1-2,5-6,11,16H,3-4,7-10H2. The average molecular weight is 312 g/mol. The Balaban J connectivity index is 1.75. The zero-order chi connectivity index (χ0) is 12.8. The van der Waals surface area contributed by atoms with E-state index in [1.807, 2.05) is 24.3 Å². The first-order valence-electron chi connectivity index (χ1n) is 6.38. The van der Waals surface area contributed by atoms with Gasteiger partial charge in [0.2, 0.25) is 0 Å². The lowest BCUT2D eigenvalue weighted by Gasteiger charge is -2.21. The monoisotopic (exact) mass is 311 g/mol. The van der Waals surface area contributed by atoms with Crippen molar-refractivity contribution in [1.82, 2.24) is 5.32 Å². The molecule has 1 N–H and O–H groups in total. The van der Waals surface area contributed by atoms with E-state index in [0.717, 1.165) is 36.2 Å². The Hall–Kier alpha value is -0.870. The zero-order valence-corrected chi connectivity index (χ0v) is 11.9. The minimum absolute atomic E-state index is 0.182. The molecule has 98 valence electrons. The SMILES string of the molecule is O=C(CCOc1ccccc1Br)C1CCCNC1. The average Bonchev–Trinajstić information content (AvgIpc) is 2.42. The molecule has 0 amide bonds. The summed E-state index contributed by atoms with van der Waals surface area (Å²) in [5.41, 5.74) is 0. The molecule has 1 aliphatic rings. The van der Waals surface area contributed by atoms with Crippen LogP contribution in [0.5, 0.6) is 5.75 Å². The Morgan fingerprint density at radius 2 is 2.28 bits per heavy atom. The van der Waals surface area contributed by atoms with Crippen molar-refractivity contribution in [3.8, 4) is 5.75 Å². The fourth-order valence-electron chi connectivity index (χ4n) is 2.15. The molecule has 3 nitrogen and oxygen atoms in total. The Labute approximate surface area is 116 Å². The van der Waals surface area contributed by atoms with E-state index in [-0.39, 0.29) is 5.92 Å². The van der Waals surface area contributed by atoms with Crippen molar-refractivity contribution in [2.45, 2.75) is 19.3 Å². The summed E-state index contributed by atoms with van der Waals surface area (Å²) in [6.45, 7) is 2.32. The second-order valence-corrected chi connectivity index (χ2v) is 5.39. The van der Waals surface area contributed by atoms with Crippen LogP contribution in [-0.2, 0) is 4.79 Å². The molecule has 0 bridgehead atoms. The molecule has 1 unspecified atom stereocenters. The van der Waals surface area contributed by atoms with Gasteiger partial charge in [-0.1, -0.05) is 12.1 Å². The van der Waals surface area contributed by atoms with Gasteiger partial charge in [-0.3, -0.25) is 4.79 Å². The molecule has 1 aromatic carbocycles. The van der Waals surface area contributed by atoms with Crippen LogP contribution in [0.15, 0.2) is 28.7 Å². The second-order valence-electron chi connectivity index (χ2n) is 4.54. The number of para-hydroxylation sites is 1. The number of ether oxygens (including phenoxy) is 1. The molecule has 2 rings (SSSR count). The van der Waals surface area contributed by atoms with Gasteiger partial charge in [0, 0.05) is 18.9 Å². The topological polar surface area (TPSA) is 38.3 Å². The maximum Gasteiger partial charge on any atom is 0.140 e. The third kappa shape index (κ3) is 3.82. The molecule has 0 radical (unpaired) electrons. The number of ketones is 1. The molecule has 1 atom stereocenters. The van der Waals surface area contributed by atoms with Gasteiger partial charge >= 0.3 is 0 Å². The van der Waals surface area contributed by atoms with Gasteiger partial charge in [-0.15, -0.1) is 0 Å². The molecular formula is C14H18BrNO2. The molecule has 0 spiro atoms. The number of carbonyl (C=O) groups is 1. The number of hydrogen-bond donors (Lipinski definition) is 1. The summed E-state index contributed by atoms with van der Waals surface area (Å²) in [6, 6.07) is 7.70. The molecule has 1 saturated heterocycles. The highest BCUT2D eigenvalue weighted by Gasteiger charge is 2.20. The van der Waals surface area contributed by atoms with Gasteiger partial charge in [0.25, 0.3) is 0 Å². The summed E-state index contributed by atoms with van der Waals surface area (Å²) in [6.07, 6.45) is 2.61. The summed E-state index contributed by atoms with van der Waals surface area (Å²) in [5, 5.41) is 3.26. The fraction of sp³-hybridized carbons (Fsp3) is 0.500. The highest BCUT2D eigenvalue weighted by Crippen LogP contribution is 2.24. The third-order valence-corrected chi connectivity index (χ3v) is 3.85. The molecular weight excluding hydrogens is 294 g/mol. The summed E-state index contributed by atoms with van der Waals surface area (Å²) >= 11 is 3.42. The number of hydrogen-bond acceptors (Lipinski definition) is 3. The van der Waals surface area contributed by atoms with E-state index in [1.54, 1.807) is 0 Å². The van der Waals surface area contributed by atoms with E-state index in [1.165, 1.54) is 0 Å². The van der Waals surface area contributed by atoms with Crippen LogP contribution in [0.25, 0.3) is 0 Å². The molecule has 1 heterocycles. The molecule has 1 fully saturated rings. The summed E-state index contributed by atoms with van der Waals surface area (Å²) in [4.78, 5) is 11.9. The van der Waals surface area contributed by atoms with E-state index in [9.17, 15) is 4.79 Å². The van der Waals surface area contributed by atoms with Crippen molar-refractivity contribution in [3.63, 3.8) is 0 Å². The van der Waals surface area contributed by atoms with Crippen molar-refractivity contribution in [1.29, 1.82) is 0 Å². The Kier molecular flexibility index (Phi) is 5.20. The Bertz CT molecular complexity index is 403. The number of Topliss-reactive ketones (excluding diaryl/α,β-unsaturated/α-hetero) is 1. The highest BCUT2D eigenvalue weighted by atomic mass is 79.9. The van der Waals surface area contributed by atoms with Crippen molar-refractivity contribution < 1.29 is 9.53 Å².